The molecule has 0 spiro atoms. The third-order valence-corrected chi connectivity index (χ3v) is 8.00. The Morgan fingerprint density at radius 3 is 2.20 bits per heavy atom. The van der Waals surface area contributed by atoms with Crippen molar-refractivity contribution in [3.63, 3.8) is 0 Å². The summed E-state index contributed by atoms with van der Waals surface area (Å²) in [5.41, 5.74) is 2.57. The van der Waals surface area contributed by atoms with Crippen molar-refractivity contribution in [1.29, 1.82) is 0 Å². The predicted molar refractivity (Wildman–Crippen MR) is 166 cm³/mol. The summed E-state index contributed by atoms with van der Waals surface area (Å²) in [5, 5.41) is 6.48. The Morgan fingerprint density at radius 1 is 0.886 bits per heavy atom. The largest absolute Gasteiger partial charge is 0.445 e. The van der Waals surface area contributed by atoms with Crippen molar-refractivity contribution < 1.29 is 28.7 Å². The van der Waals surface area contributed by atoms with Crippen molar-refractivity contribution in [3.05, 3.63) is 108 Å². The number of H-pyrrole nitrogens is 1. The molecule has 1 fully saturated rings. The standard InChI is InChI=1S/C35H37N3O6/c1-23(37-34(42)43-21-25-13-7-4-8-14-25)31(39)19-26(18-27-20-36-29-16-10-9-15-28(27)29)33(41)38-30(32(40)35(2)22-44-35)17-24-11-5-3-6-12-24/h3-16,20,23,26,30,36H,17-19,21-22H2,1-2H3,(H,37,42)(H,38,41)/t23-,26-,30+,35-/m1/s1. The van der Waals surface area contributed by atoms with Gasteiger partial charge in [0.05, 0.1) is 18.7 Å². The lowest BCUT2D eigenvalue weighted by atomic mass is 9.89. The molecule has 228 valence electrons. The second-order valence-corrected chi connectivity index (χ2v) is 11.5. The normalized spacial score (nSPS) is 17.7. The number of carbonyl (C=O) groups is 4. The van der Waals surface area contributed by atoms with Crippen LogP contribution in [-0.2, 0) is 43.3 Å². The number of Topliss-reactive ketones (excluding diaryl/α,β-unsaturated/α-hetero) is 2. The first kappa shape index (κ1) is 30.7. The number of benzene rings is 3. The van der Waals surface area contributed by atoms with Crippen molar-refractivity contribution in [3.8, 4) is 0 Å². The zero-order valence-electron chi connectivity index (χ0n) is 24.9. The number of carbonyl (C=O) groups excluding carboxylic acids is 4. The number of nitrogens with one attached hydrogen (secondary N) is 3. The lowest BCUT2D eigenvalue weighted by Gasteiger charge is -2.24. The van der Waals surface area contributed by atoms with E-state index in [4.69, 9.17) is 9.47 Å². The van der Waals surface area contributed by atoms with Gasteiger partial charge in [0.1, 0.15) is 12.2 Å². The number of epoxide rings is 1. The van der Waals surface area contributed by atoms with E-state index in [0.717, 1.165) is 27.6 Å². The maximum Gasteiger partial charge on any atom is 0.408 e. The van der Waals surface area contributed by atoms with Crippen LogP contribution in [0.15, 0.2) is 91.1 Å². The number of ketones is 2. The summed E-state index contributed by atoms with van der Waals surface area (Å²) in [5.74, 6) is -1.75. The number of aromatic nitrogens is 1. The molecule has 9 nitrogen and oxygen atoms in total. The molecule has 2 amide bonds. The number of ether oxygens (including phenoxy) is 2. The predicted octanol–water partition coefficient (Wildman–Crippen LogP) is 4.69. The van der Waals surface area contributed by atoms with Gasteiger partial charge in [-0.3, -0.25) is 14.4 Å². The van der Waals surface area contributed by atoms with Gasteiger partial charge in [0.15, 0.2) is 11.6 Å². The van der Waals surface area contributed by atoms with Crippen LogP contribution >= 0.6 is 0 Å². The van der Waals surface area contributed by atoms with Crippen molar-refractivity contribution in [1.82, 2.24) is 15.6 Å². The molecule has 1 aliphatic heterocycles. The molecule has 0 unspecified atom stereocenters. The molecule has 0 radical (unpaired) electrons. The minimum Gasteiger partial charge on any atom is -0.445 e. The molecule has 3 aromatic carbocycles. The molecule has 4 atom stereocenters. The highest BCUT2D eigenvalue weighted by atomic mass is 16.6. The molecule has 44 heavy (non-hydrogen) atoms. The van der Waals surface area contributed by atoms with E-state index in [9.17, 15) is 19.2 Å². The van der Waals surface area contributed by atoms with E-state index in [1.165, 1.54) is 0 Å². The molecule has 1 saturated heterocycles. The summed E-state index contributed by atoms with van der Waals surface area (Å²) in [6, 6.07) is 24.7. The summed E-state index contributed by atoms with van der Waals surface area (Å²) in [7, 11) is 0. The second-order valence-electron chi connectivity index (χ2n) is 11.5. The monoisotopic (exact) mass is 595 g/mol. The van der Waals surface area contributed by atoms with E-state index in [0.29, 0.717) is 13.0 Å². The molecule has 2 heterocycles. The number of aromatic amines is 1. The van der Waals surface area contributed by atoms with E-state index < -0.39 is 35.6 Å². The quantitative estimate of drug-likeness (QED) is 0.182. The second kappa shape index (κ2) is 13.7. The minimum absolute atomic E-state index is 0.0681. The zero-order chi connectivity index (χ0) is 31.1. The highest BCUT2D eigenvalue weighted by Gasteiger charge is 2.50. The topological polar surface area (TPSA) is 130 Å². The maximum atomic E-state index is 13.9. The van der Waals surface area contributed by atoms with Gasteiger partial charge in [-0.05, 0) is 49.4 Å². The molecule has 0 bridgehead atoms. The van der Waals surface area contributed by atoms with Gasteiger partial charge in [0.25, 0.3) is 0 Å². The molecule has 3 N–H and O–H groups in total. The van der Waals surface area contributed by atoms with Crippen LogP contribution in [0.4, 0.5) is 4.79 Å². The van der Waals surface area contributed by atoms with Crippen molar-refractivity contribution >= 4 is 34.5 Å². The van der Waals surface area contributed by atoms with Gasteiger partial charge in [-0.1, -0.05) is 78.9 Å². The van der Waals surface area contributed by atoms with E-state index in [2.05, 4.69) is 15.6 Å². The molecular weight excluding hydrogens is 558 g/mol. The number of hydrogen-bond acceptors (Lipinski definition) is 6. The number of alkyl carbamates (subject to hydrolysis) is 1. The average Bonchev–Trinajstić information content (AvgIpc) is 3.67. The van der Waals surface area contributed by atoms with E-state index in [1.807, 2.05) is 91.1 Å². The molecule has 1 aliphatic rings. The van der Waals surface area contributed by atoms with Crippen molar-refractivity contribution in [2.45, 2.75) is 57.4 Å². The first-order valence-corrected chi connectivity index (χ1v) is 14.8. The molecule has 0 aliphatic carbocycles. The van der Waals surface area contributed by atoms with E-state index in [-0.39, 0.29) is 31.0 Å². The fourth-order valence-corrected chi connectivity index (χ4v) is 5.23. The van der Waals surface area contributed by atoms with Gasteiger partial charge in [0, 0.05) is 29.4 Å². The lowest BCUT2D eigenvalue weighted by Crippen LogP contribution is -2.50. The van der Waals surface area contributed by atoms with Crippen LogP contribution in [0, 0.1) is 5.92 Å². The number of rotatable bonds is 14. The fourth-order valence-electron chi connectivity index (χ4n) is 5.23. The number of hydrogen-bond donors (Lipinski definition) is 3. The molecule has 4 aromatic rings. The van der Waals surface area contributed by atoms with Crippen LogP contribution < -0.4 is 10.6 Å². The first-order chi connectivity index (χ1) is 21.2. The Hall–Kier alpha value is -4.76. The fraction of sp³-hybridized carbons (Fsp3) is 0.314. The number of para-hydroxylation sites is 1. The SMILES string of the molecule is C[C@@H](NC(=O)OCc1ccccc1)C(=O)C[C@@H](Cc1c[nH]c2ccccc12)C(=O)N[C@@H](Cc1ccccc1)C(=O)[C@@]1(C)CO1. The van der Waals surface area contributed by atoms with E-state index in [1.54, 1.807) is 13.8 Å². The van der Waals surface area contributed by atoms with Crippen molar-refractivity contribution in [2.75, 3.05) is 6.61 Å². The third kappa shape index (κ3) is 7.79. The Labute approximate surface area is 256 Å². The van der Waals surface area contributed by atoms with Gasteiger partial charge >= 0.3 is 6.09 Å². The Bertz CT molecular complexity index is 1610. The van der Waals surface area contributed by atoms with Crippen molar-refractivity contribution in [2.24, 2.45) is 5.92 Å². The minimum atomic E-state index is -0.937. The van der Waals surface area contributed by atoms with Crippen LogP contribution in [0.2, 0.25) is 0 Å². The van der Waals surface area contributed by atoms with Crippen LogP contribution in [0.5, 0.6) is 0 Å². The molecule has 9 heteroatoms. The molecule has 1 aromatic heterocycles. The maximum absolute atomic E-state index is 13.9. The van der Waals surface area contributed by atoms with Gasteiger partial charge in [-0.25, -0.2) is 4.79 Å². The Morgan fingerprint density at radius 2 is 1.52 bits per heavy atom. The summed E-state index contributed by atoms with van der Waals surface area (Å²) in [4.78, 5) is 56.4. The van der Waals surface area contributed by atoms with Gasteiger partial charge < -0.3 is 25.1 Å². The highest BCUT2D eigenvalue weighted by molar-refractivity contribution is 5.98. The molecule has 5 rings (SSSR count). The average molecular weight is 596 g/mol. The summed E-state index contributed by atoms with van der Waals surface area (Å²) >= 11 is 0. The van der Waals surface area contributed by atoms with Gasteiger partial charge in [-0.15, -0.1) is 0 Å². The molecular formula is C35H37N3O6. The summed E-state index contributed by atoms with van der Waals surface area (Å²) in [6.45, 7) is 3.66. The van der Waals surface area contributed by atoms with E-state index >= 15 is 0 Å². The van der Waals surface area contributed by atoms with Crippen LogP contribution in [0.25, 0.3) is 10.9 Å². The number of amides is 2. The smallest absolute Gasteiger partial charge is 0.408 e. The lowest BCUT2D eigenvalue weighted by molar-refractivity contribution is -0.134. The van der Waals surface area contributed by atoms with Crippen LogP contribution in [-0.4, -0.2) is 52.8 Å². The zero-order valence-corrected chi connectivity index (χ0v) is 24.9. The summed E-state index contributed by atoms with van der Waals surface area (Å²) in [6.07, 6.45) is 1.52. The van der Waals surface area contributed by atoms with Crippen LogP contribution in [0.1, 0.15) is 37.0 Å². The third-order valence-electron chi connectivity index (χ3n) is 8.00. The number of fused-ring (bicyclic) bond motifs is 1. The Balaban J connectivity index is 1.31. The first-order valence-electron chi connectivity index (χ1n) is 14.8. The van der Waals surface area contributed by atoms with Gasteiger partial charge in [-0.2, -0.15) is 0 Å². The Kier molecular flexibility index (Phi) is 9.55. The van der Waals surface area contributed by atoms with Gasteiger partial charge in [0.2, 0.25) is 5.91 Å². The molecule has 0 saturated carbocycles. The van der Waals surface area contributed by atoms with Crippen LogP contribution in [0.3, 0.4) is 0 Å². The summed E-state index contributed by atoms with van der Waals surface area (Å²) < 4.78 is 10.7. The highest BCUT2D eigenvalue weighted by Crippen LogP contribution is 2.30.